The molecule has 2 N–H and O–H groups in total. The first kappa shape index (κ1) is 9.84. The molecule has 0 radical (unpaired) electrons. The van der Waals surface area contributed by atoms with Gasteiger partial charge in [-0.3, -0.25) is 0 Å². The fourth-order valence-electron chi connectivity index (χ4n) is 1.03. The first-order valence-corrected chi connectivity index (χ1v) is 4.23. The molecule has 0 spiro atoms. The van der Waals surface area contributed by atoms with Gasteiger partial charge in [-0.2, -0.15) is 0 Å². The van der Waals surface area contributed by atoms with Gasteiger partial charge in [0.1, 0.15) is 11.6 Å². The van der Waals surface area contributed by atoms with Gasteiger partial charge in [-0.15, -0.1) is 0 Å². The molecule has 0 unspecified atom stereocenters. The van der Waals surface area contributed by atoms with E-state index in [1.807, 2.05) is 13.8 Å². The Morgan fingerprint density at radius 1 is 1.38 bits per heavy atom. The van der Waals surface area contributed by atoms with E-state index in [0.717, 1.165) is 0 Å². The van der Waals surface area contributed by atoms with E-state index in [4.69, 9.17) is 10.5 Å². The van der Waals surface area contributed by atoms with Crippen LogP contribution in [0.3, 0.4) is 0 Å². The van der Waals surface area contributed by atoms with Crippen molar-refractivity contribution in [2.45, 2.75) is 26.9 Å². The maximum absolute atomic E-state index is 13.0. The van der Waals surface area contributed by atoms with Crippen LogP contribution in [0.25, 0.3) is 0 Å². The molecule has 1 rings (SSSR count). The molecule has 0 aliphatic heterocycles. The van der Waals surface area contributed by atoms with E-state index < -0.39 is 0 Å². The Labute approximate surface area is 77.5 Å². The first-order valence-electron chi connectivity index (χ1n) is 4.23. The summed E-state index contributed by atoms with van der Waals surface area (Å²) in [5.41, 5.74) is 6.46. The Kier molecular flexibility index (Phi) is 2.76. The van der Waals surface area contributed by atoms with E-state index >= 15 is 0 Å². The summed E-state index contributed by atoms with van der Waals surface area (Å²) < 4.78 is 18.4. The second kappa shape index (κ2) is 3.64. The van der Waals surface area contributed by atoms with Crippen molar-refractivity contribution in [3.63, 3.8) is 0 Å². The van der Waals surface area contributed by atoms with Crippen molar-refractivity contribution in [1.82, 2.24) is 0 Å². The van der Waals surface area contributed by atoms with Crippen LogP contribution in [0.1, 0.15) is 19.4 Å². The molecule has 0 heterocycles. The van der Waals surface area contributed by atoms with Gasteiger partial charge >= 0.3 is 0 Å². The topological polar surface area (TPSA) is 35.2 Å². The summed E-state index contributed by atoms with van der Waals surface area (Å²) in [6.07, 6.45) is 0.0483. The summed E-state index contributed by atoms with van der Waals surface area (Å²) in [7, 11) is 0. The van der Waals surface area contributed by atoms with Crippen LogP contribution < -0.4 is 10.5 Å². The van der Waals surface area contributed by atoms with Gasteiger partial charge in [0.25, 0.3) is 0 Å². The van der Waals surface area contributed by atoms with Crippen molar-refractivity contribution in [1.29, 1.82) is 0 Å². The van der Waals surface area contributed by atoms with Gasteiger partial charge in [0, 0.05) is 6.07 Å². The molecule has 0 saturated carbocycles. The first-order chi connectivity index (χ1) is 6.00. The summed E-state index contributed by atoms with van der Waals surface area (Å²) in [6.45, 7) is 5.48. The minimum atomic E-state index is -0.298. The normalized spacial score (nSPS) is 10.5. The maximum atomic E-state index is 13.0. The Hall–Kier alpha value is -1.25. The van der Waals surface area contributed by atoms with Gasteiger partial charge in [0.15, 0.2) is 0 Å². The van der Waals surface area contributed by atoms with Crippen LogP contribution in [0.15, 0.2) is 12.1 Å². The monoisotopic (exact) mass is 183 g/mol. The predicted octanol–water partition coefficient (Wildman–Crippen LogP) is 2.50. The van der Waals surface area contributed by atoms with E-state index in [-0.39, 0.29) is 11.9 Å². The molecular formula is C10H14FNO. The molecule has 0 amide bonds. The van der Waals surface area contributed by atoms with E-state index in [1.54, 1.807) is 13.0 Å². The van der Waals surface area contributed by atoms with Crippen molar-refractivity contribution in [2.24, 2.45) is 0 Å². The van der Waals surface area contributed by atoms with E-state index in [1.165, 1.54) is 6.07 Å². The Balaban J connectivity index is 3.01. The number of rotatable bonds is 2. The average Bonchev–Trinajstić information content (AvgIpc) is 1.99. The molecule has 0 aliphatic rings. The van der Waals surface area contributed by atoms with E-state index in [9.17, 15) is 4.39 Å². The number of benzene rings is 1. The number of hydrogen-bond acceptors (Lipinski definition) is 2. The number of ether oxygens (including phenoxy) is 1. The number of nitrogens with two attached hydrogens (primary N) is 1. The van der Waals surface area contributed by atoms with Gasteiger partial charge in [0.2, 0.25) is 0 Å². The second-order valence-electron chi connectivity index (χ2n) is 3.31. The van der Waals surface area contributed by atoms with Crippen LogP contribution in [0, 0.1) is 12.7 Å². The lowest BCUT2D eigenvalue weighted by atomic mass is 10.2. The SMILES string of the molecule is Cc1cc(OC(C)C)c(N)cc1F. The molecule has 13 heavy (non-hydrogen) atoms. The highest BCUT2D eigenvalue weighted by molar-refractivity contribution is 5.54. The van der Waals surface area contributed by atoms with Crippen molar-refractivity contribution in [3.8, 4) is 5.75 Å². The second-order valence-corrected chi connectivity index (χ2v) is 3.31. The Morgan fingerprint density at radius 2 is 2.00 bits per heavy atom. The molecule has 0 aliphatic carbocycles. The number of nitrogen functional groups attached to an aromatic ring is 1. The predicted molar refractivity (Wildman–Crippen MR) is 51.3 cm³/mol. The third kappa shape index (κ3) is 2.34. The highest BCUT2D eigenvalue weighted by Crippen LogP contribution is 2.25. The minimum absolute atomic E-state index is 0.0483. The fourth-order valence-corrected chi connectivity index (χ4v) is 1.03. The number of aryl methyl sites for hydroxylation is 1. The molecule has 1 aromatic rings. The lowest BCUT2D eigenvalue weighted by Crippen LogP contribution is -2.08. The largest absolute Gasteiger partial charge is 0.489 e. The molecule has 2 nitrogen and oxygen atoms in total. The number of anilines is 1. The van der Waals surface area contributed by atoms with Crippen molar-refractivity contribution in [2.75, 3.05) is 5.73 Å². The Bertz CT molecular complexity index is 310. The lowest BCUT2D eigenvalue weighted by molar-refractivity contribution is 0.243. The third-order valence-electron chi connectivity index (χ3n) is 1.65. The summed E-state index contributed by atoms with van der Waals surface area (Å²) in [4.78, 5) is 0. The van der Waals surface area contributed by atoms with Crippen molar-refractivity contribution < 1.29 is 9.13 Å². The standard InChI is InChI=1S/C10H14FNO/c1-6(2)13-10-4-7(3)8(11)5-9(10)12/h4-6H,12H2,1-3H3. The third-order valence-corrected chi connectivity index (χ3v) is 1.65. The van der Waals surface area contributed by atoms with Gasteiger partial charge in [-0.1, -0.05) is 0 Å². The summed E-state index contributed by atoms with van der Waals surface area (Å²) in [6, 6.07) is 2.90. The van der Waals surface area contributed by atoms with Gasteiger partial charge < -0.3 is 10.5 Å². The zero-order valence-electron chi connectivity index (χ0n) is 8.10. The molecule has 0 aromatic heterocycles. The smallest absolute Gasteiger partial charge is 0.143 e. The lowest BCUT2D eigenvalue weighted by Gasteiger charge is -2.12. The summed E-state index contributed by atoms with van der Waals surface area (Å²) in [5.74, 6) is 0.252. The van der Waals surface area contributed by atoms with Gasteiger partial charge in [0.05, 0.1) is 11.8 Å². The van der Waals surface area contributed by atoms with Crippen LogP contribution in [0.4, 0.5) is 10.1 Å². The van der Waals surface area contributed by atoms with Gasteiger partial charge in [-0.05, 0) is 32.4 Å². The Morgan fingerprint density at radius 3 is 2.54 bits per heavy atom. The van der Waals surface area contributed by atoms with Crippen LogP contribution >= 0.6 is 0 Å². The van der Waals surface area contributed by atoms with E-state index in [0.29, 0.717) is 17.0 Å². The van der Waals surface area contributed by atoms with Crippen LogP contribution in [0.2, 0.25) is 0 Å². The number of halogens is 1. The molecule has 0 atom stereocenters. The molecule has 1 aromatic carbocycles. The van der Waals surface area contributed by atoms with Crippen LogP contribution in [-0.2, 0) is 0 Å². The summed E-state index contributed by atoms with van der Waals surface area (Å²) in [5, 5.41) is 0. The maximum Gasteiger partial charge on any atom is 0.143 e. The summed E-state index contributed by atoms with van der Waals surface area (Å²) >= 11 is 0. The highest BCUT2D eigenvalue weighted by Gasteiger charge is 2.06. The molecule has 0 saturated heterocycles. The van der Waals surface area contributed by atoms with Crippen LogP contribution in [-0.4, -0.2) is 6.10 Å². The van der Waals surface area contributed by atoms with Gasteiger partial charge in [-0.25, -0.2) is 4.39 Å². The van der Waals surface area contributed by atoms with Crippen LogP contribution in [0.5, 0.6) is 5.75 Å². The fraction of sp³-hybridized carbons (Fsp3) is 0.400. The molecule has 3 heteroatoms. The molecule has 72 valence electrons. The zero-order chi connectivity index (χ0) is 10.0. The minimum Gasteiger partial charge on any atom is -0.489 e. The van der Waals surface area contributed by atoms with Crippen molar-refractivity contribution >= 4 is 5.69 Å². The molecular weight excluding hydrogens is 169 g/mol. The number of hydrogen-bond donors (Lipinski definition) is 1. The molecule has 0 fully saturated rings. The van der Waals surface area contributed by atoms with E-state index in [2.05, 4.69) is 0 Å². The quantitative estimate of drug-likeness (QED) is 0.715. The zero-order valence-corrected chi connectivity index (χ0v) is 8.10. The highest BCUT2D eigenvalue weighted by atomic mass is 19.1. The van der Waals surface area contributed by atoms with Crippen molar-refractivity contribution in [3.05, 3.63) is 23.5 Å². The molecule has 0 bridgehead atoms. The average molecular weight is 183 g/mol.